The van der Waals surface area contributed by atoms with E-state index in [0.717, 1.165) is 24.4 Å². The lowest BCUT2D eigenvalue weighted by Crippen LogP contribution is -2.22. The number of nitrogens with two attached hydrogens (primary N) is 1. The molecular weight excluding hydrogens is 216 g/mol. The molecule has 0 radical (unpaired) electrons. The molecule has 6 heteroatoms. The van der Waals surface area contributed by atoms with Crippen LogP contribution in [0.2, 0.25) is 0 Å². The first-order chi connectivity index (χ1) is 8.24. The van der Waals surface area contributed by atoms with E-state index in [2.05, 4.69) is 27.0 Å². The van der Waals surface area contributed by atoms with Crippen molar-refractivity contribution in [3.63, 3.8) is 0 Å². The summed E-state index contributed by atoms with van der Waals surface area (Å²) in [5, 5.41) is 4.22. The van der Waals surface area contributed by atoms with E-state index in [1.54, 1.807) is 6.33 Å². The lowest BCUT2D eigenvalue weighted by Gasteiger charge is -2.26. The van der Waals surface area contributed by atoms with Gasteiger partial charge in [0, 0.05) is 24.2 Å². The summed E-state index contributed by atoms with van der Waals surface area (Å²) in [7, 11) is 0. The number of rotatable bonds is 1. The summed E-state index contributed by atoms with van der Waals surface area (Å²) in [6.07, 6.45) is 6.32. The van der Waals surface area contributed by atoms with Crippen LogP contribution in [0.5, 0.6) is 0 Å². The average Bonchev–Trinajstić information content (AvgIpc) is 2.71. The summed E-state index contributed by atoms with van der Waals surface area (Å²) in [5.74, 6) is 2.09. The maximum Gasteiger partial charge on any atom is 0.239 e. The molecule has 6 nitrogen and oxygen atoms in total. The van der Waals surface area contributed by atoms with Crippen molar-refractivity contribution in [2.75, 3.05) is 5.73 Å². The van der Waals surface area contributed by atoms with Gasteiger partial charge in [-0.25, -0.2) is 14.6 Å². The Bertz CT molecular complexity index is 520. The highest BCUT2D eigenvalue weighted by Gasteiger charge is 2.28. The van der Waals surface area contributed by atoms with E-state index < -0.39 is 0 Å². The van der Waals surface area contributed by atoms with Gasteiger partial charge in [0.05, 0.1) is 6.54 Å². The van der Waals surface area contributed by atoms with E-state index in [0.29, 0.717) is 17.8 Å². The highest BCUT2D eigenvalue weighted by molar-refractivity contribution is 5.20. The zero-order chi connectivity index (χ0) is 11.8. The van der Waals surface area contributed by atoms with Crippen molar-refractivity contribution in [1.29, 1.82) is 0 Å². The van der Waals surface area contributed by atoms with E-state index in [4.69, 9.17) is 5.73 Å². The van der Waals surface area contributed by atoms with E-state index in [1.807, 2.05) is 17.1 Å². The van der Waals surface area contributed by atoms with Gasteiger partial charge in [0.2, 0.25) is 5.95 Å². The van der Waals surface area contributed by atoms with Crippen LogP contribution in [0.1, 0.15) is 36.6 Å². The highest BCUT2D eigenvalue weighted by atomic mass is 15.4. The van der Waals surface area contributed by atoms with Crippen molar-refractivity contribution < 1.29 is 0 Å². The first-order valence-electron chi connectivity index (χ1n) is 5.69. The minimum absolute atomic E-state index is 0.358. The first kappa shape index (κ1) is 10.2. The summed E-state index contributed by atoms with van der Waals surface area (Å²) >= 11 is 0. The smallest absolute Gasteiger partial charge is 0.239 e. The third-order valence-corrected chi connectivity index (χ3v) is 3.24. The zero-order valence-electron chi connectivity index (χ0n) is 9.61. The number of hydrogen-bond donors (Lipinski definition) is 1. The normalized spacial score (nSPS) is 23.4. The van der Waals surface area contributed by atoms with Gasteiger partial charge in [-0.15, -0.1) is 5.10 Å². The maximum absolute atomic E-state index is 5.64. The zero-order valence-corrected chi connectivity index (χ0v) is 9.61. The number of fused-ring (bicyclic) bond motifs is 1. The van der Waals surface area contributed by atoms with Crippen LogP contribution in [-0.2, 0) is 6.54 Å². The summed E-state index contributed by atoms with van der Waals surface area (Å²) in [6, 6.07) is 0. The highest BCUT2D eigenvalue weighted by Crippen LogP contribution is 2.34. The Hall–Kier alpha value is -1.98. The fourth-order valence-electron chi connectivity index (χ4n) is 2.45. The van der Waals surface area contributed by atoms with Crippen LogP contribution in [0.3, 0.4) is 0 Å². The van der Waals surface area contributed by atoms with Gasteiger partial charge in [0.1, 0.15) is 12.2 Å². The molecule has 1 aliphatic rings. The fraction of sp³-hybridized carbons (Fsp3) is 0.455. The molecule has 0 spiro atoms. The summed E-state index contributed by atoms with van der Waals surface area (Å²) in [5.41, 5.74) is 6.79. The summed E-state index contributed by atoms with van der Waals surface area (Å²) in [6.45, 7) is 2.95. The topological polar surface area (TPSA) is 82.5 Å². The largest absolute Gasteiger partial charge is 0.366 e. The van der Waals surface area contributed by atoms with E-state index in [1.165, 1.54) is 0 Å². The molecule has 2 N–H and O–H groups in total. The Kier molecular flexibility index (Phi) is 2.28. The maximum atomic E-state index is 5.64. The van der Waals surface area contributed by atoms with Gasteiger partial charge in [-0.05, 0) is 12.0 Å². The second kappa shape index (κ2) is 3.80. The van der Waals surface area contributed by atoms with Crippen LogP contribution in [0.25, 0.3) is 0 Å². The number of anilines is 1. The molecule has 0 amide bonds. The molecule has 2 aromatic rings. The molecule has 0 saturated heterocycles. The van der Waals surface area contributed by atoms with Crippen LogP contribution >= 0.6 is 0 Å². The van der Waals surface area contributed by atoms with Crippen molar-refractivity contribution in [1.82, 2.24) is 24.7 Å². The number of nitrogen functional groups attached to an aromatic ring is 1. The average molecular weight is 230 g/mol. The van der Waals surface area contributed by atoms with Gasteiger partial charge >= 0.3 is 0 Å². The fourth-order valence-corrected chi connectivity index (χ4v) is 2.45. The first-order valence-corrected chi connectivity index (χ1v) is 5.69. The Balaban J connectivity index is 1.93. The molecule has 17 heavy (non-hydrogen) atoms. The molecule has 0 fully saturated rings. The summed E-state index contributed by atoms with van der Waals surface area (Å²) < 4.78 is 1.90. The molecule has 0 saturated carbocycles. The lowest BCUT2D eigenvalue weighted by atomic mass is 9.88. The Morgan fingerprint density at radius 3 is 2.88 bits per heavy atom. The van der Waals surface area contributed by atoms with Crippen molar-refractivity contribution in [2.45, 2.75) is 31.7 Å². The van der Waals surface area contributed by atoms with Gasteiger partial charge in [0.15, 0.2) is 0 Å². The molecular formula is C11H14N6. The van der Waals surface area contributed by atoms with Crippen molar-refractivity contribution in [3.8, 4) is 0 Å². The van der Waals surface area contributed by atoms with Crippen molar-refractivity contribution in [2.24, 2.45) is 0 Å². The van der Waals surface area contributed by atoms with Gasteiger partial charge in [-0.3, -0.25) is 0 Å². The van der Waals surface area contributed by atoms with E-state index >= 15 is 0 Å². The monoisotopic (exact) mass is 230 g/mol. The van der Waals surface area contributed by atoms with Gasteiger partial charge in [0.25, 0.3) is 0 Å². The SMILES string of the molecule is CC1CC(c2cncnc2)Cn2nc(N)nc21. The van der Waals surface area contributed by atoms with Crippen molar-refractivity contribution in [3.05, 3.63) is 30.1 Å². The van der Waals surface area contributed by atoms with Crippen LogP contribution < -0.4 is 5.73 Å². The molecule has 0 aliphatic carbocycles. The number of nitrogens with zero attached hydrogens (tertiary/aromatic N) is 5. The van der Waals surface area contributed by atoms with Gasteiger partial charge in [-0.1, -0.05) is 6.92 Å². The molecule has 0 bridgehead atoms. The lowest BCUT2D eigenvalue weighted by molar-refractivity contribution is 0.381. The predicted molar refractivity (Wildman–Crippen MR) is 62.2 cm³/mol. The molecule has 1 aliphatic heterocycles. The quantitative estimate of drug-likeness (QED) is 0.788. The van der Waals surface area contributed by atoms with Crippen LogP contribution in [0.4, 0.5) is 5.95 Å². The number of aromatic nitrogens is 5. The van der Waals surface area contributed by atoms with Crippen molar-refractivity contribution >= 4 is 5.95 Å². The van der Waals surface area contributed by atoms with Crippen LogP contribution in [0, 0.1) is 0 Å². The Morgan fingerprint density at radius 2 is 2.12 bits per heavy atom. The molecule has 2 aromatic heterocycles. The molecule has 3 rings (SSSR count). The van der Waals surface area contributed by atoms with Gasteiger partial charge in [-0.2, -0.15) is 4.98 Å². The minimum Gasteiger partial charge on any atom is -0.366 e. The summed E-state index contributed by atoms with van der Waals surface area (Å²) in [4.78, 5) is 12.4. The molecule has 2 unspecified atom stereocenters. The molecule has 88 valence electrons. The Labute approximate surface area is 98.9 Å². The second-order valence-corrected chi connectivity index (χ2v) is 4.52. The molecule has 0 aromatic carbocycles. The molecule has 3 heterocycles. The van der Waals surface area contributed by atoms with Crippen LogP contribution in [0.15, 0.2) is 18.7 Å². The predicted octanol–water partition coefficient (Wildman–Crippen LogP) is 0.941. The minimum atomic E-state index is 0.358. The standard InChI is InChI=1S/C11H14N6/c1-7-2-8(9-3-13-6-14-4-9)5-17-10(7)15-11(12)16-17/h3-4,6-8H,2,5H2,1H3,(H2,12,16). The second-order valence-electron chi connectivity index (χ2n) is 4.52. The van der Waals surface area contributed by atoms with E-state index in [9.17, 15) is 0 Å². The molecule has 2 atom stereocenters. The Morgan fingerprint density at radius 1 is 1.35 bits per heavy atom. The number of hydrogen-bond acceptors (Lipinski definition) is 5. The van der Waals surface area contributed by atoms with Crippen LogP contribution in [-0.4, -0.2) is 24.7 Å². The third kappa shape index (κ3) is 1.75. The van der Waals surface area contributed by atoms with E-state index in [-0.39, 0.29) is 0 Å². The van der Waals surface area contributed by atoms with Gasteiger partial charge < -0.3 is 5.73 Å². The third-order valence-electron chi connectivity index (χ3n) is 3.24.